The van der Waals surface area contributed by atoms with Gasteiger partial charge in [-0.05, 0) is 43.9 Å². The zero-order valence-electron chi connectivity index (χ0n) is 9.62. The normalized spacial score (nSPS) is 21.2. The predicted molar refractivity (Wildman–Crippen MR) is 68.3 cm³/mol. The Balaban J connectivity index is 2.30. The quantitative estimate of drug-likeness (QED) is 0.858. The summed E-state index contributed by atoms with van der Waals surface area (Å²) < 4.78 is 0. The van der Waals surface area contributed by atoms with Gasteiger partial charge < -0.3 is 10.0 Å². The van der Waals surface area contributed by atoms with Gasteiger partial charge in [-0.15, -0.1) is 0 Å². The van der Waals surface area contributed by atoms with Crippen LogP contribution in [0.2, 0.25) is 5.02 Å². The summed E-state index contributed by atoms with van der Waals surface area (Å²) in [6, 6.07) is 6.22. The highest BCUT2D eigenvalue weighted by molar-refractivity contribution is 6.30. The van der Waals surface area contributed by atoms with Crippen molar-refractivity contribution in [2.75, 3.05) is 18.1 Å². The van der Waals surface area contributed by atoms with Gasteiger partial charge >= 0.3 is 0 Å². The summed E-state index contributed by atoms with van der Waals surface area (Å²) >= 11 is 6.04. The SMILES string of the molecule is Cc1ccc(Cl)cc1N1CCCCC1CO. The van der Waals surface area contributed by atoms with E-state index in [1.807, 2.05) is 18.2 Å². The van der Waals surface area contributed by atoms with E-state index in [1.54, 1.807) is 0 Å². The van der Waals surface area contributed by atoms with Crippen LogP contribution >= 0.6 is 11.6 Å². The summed E-state index contributed by atoms with van der Waals surface area (Å²) in [4.78, 5) is 2.30. The molecule has 1 aliphatic heterocycles. The Morgan fingerprint density at radius 2 is 2.25 bits per heavy atom. The molecular formula is C13H18ClNO. The molecule has 0 bridgehead atoms. The van der Waals surface area contributed by atoms with Crippen molar-refractivity contribution >= 4 is 17.3 Å². The summed E-state index contributed by atoms with van der Waals surface area (Å²) in [6.45, 7) is 3.34. The van der Waals surface area contributed by atoms with Gasteiger partial charge in [0.15, 0.2) is 0 Å². The van der Waals surface area contributed by atoms with E-state index in [-0.39, 0.29) is 12.6 Å². The number of anilines is 1. The summed E-state index contributed by atoms with van der Waals surface area (Å²) in [7, 11) is 0. The molecule has 88 valence electrons. The second-order valence-corrected chi connectivity index (χ2v) is 4.89. The van der Waals surface area contributed by atoms with Gasteiger partial charge in [-0.2, -0.15) is 0 Å². The summed E-state index contributed by atoms with van der Waals surface area (Å²) in [5, 5.41) is 10.2. The monoisotopic (exact) mass is 239 g/mol. The van der Waals surface area contributed by atoms with Crippen molar-refractivity contribution in [2.45, 2.75) is 32.2 Å². The van der Waals surface area contributed by atoms with Crippen molar-refractivity contribution in [3.63, 3.8) is 0 Å². The van der Waals surface area contributed by atoms with Gasteiger partial charge in [0, 0.05) is 17.3 Å². The maximum atomic E-state index is 9.41. The molecule has 1 aromatic rings. The number of aliphatic hydroxyl groups excluding tert-OH is 1. The molecule has 0 amide bonds. The highest BCUT2D eigenvalue weighted by Gasteiger charge is 2.22. The predicted octanol–water partition coefficient (Wildman–Crippen LogP) is 3.00. The van der Waals surface area contributed by atoms with E-state index in [0.29, 0.717) is 0 Å². The van der Waals surface area contributed by atoms with Gasteiger partial charge in [0.2, 0.25) is 0 Å². The van der Waals surface area contributed by atoms with Crippen LogP contribution in [0, 0.1) is 6.92 Å². The smallest absolute Gasteiger partial charge is 0.0635 e. The number of aliphatic hydroxyl groups is 1. The van der Waals surface area contributed by atoms with E-state index in [9.17, 15) is 5.11 Å². The highest BCUT2D eigenvalue weighted by atomic mass is 35.5. The van der Waals surface area contributed by atoms with Crippen LogP contribution in [-0.2, 0) is 0 Å². The number of rotatable bonds is 2. The van der Waals surface area contributed by atoms with Gasteiger partial charge in [-0.1, -0.05) is 17.7 Å². The maximum absolute atomic E-state index is 9.41. The molecule has 1 unspecified atom stereocenters. The minimum Gasteiger partial charge on any atom is -0.394 e. The van der Waals surface area contributed by atoms with Crippen molar-refractivity contribution in [1.29, 1.82) is 0 Å². The number of benzene rings is 1. The van der Waals surface area contributed by atoms with Crippen LogP contribution in [0.1, 0.15) is 24.8 Å². The lowest BCUT2D eigenvalue weighted by Gasteiger charge is -2.37. The molecule has 1 atom stereocenters. The van der Waals surface area contributed by atoms with Gasteiger partial charge in [-0.3, -0.25) is 0 Å². The highest BCUT2D eigenvalue weighted by Crippen LogP contribution is 2.29. The molecule has 1 heterocycles. The third kappa shape index (κ3) is 2.33. The number of piperidine rings is 1. The zero-order valence-corrected chi connectivity index (χ0v) is 10.4. The van der Waals surface area contributed by atoms with Crippen molar-refractivity contribution in [3.8, 4) is 0 Å². The molecule has 16 heavy (non-hydrogen) atoms. The molecule has 0 saturated carbocycles. The molecule has 1 fully saturated rings. The Morgan fingerprint density at radius 1 is 1.44 bits per heavy atom. The first kappa shape index (κ1) is 11.7. The van der Waals surface area contributed by atoms with Crippen molar-refractivity contribution in [2.24, 2.45) is 0 Å². The Hall–Kier alpha value is -0.730. The topological polar surface area (TPSA) is 23.5 Å². The Labute approximate surface area is 102 Å². The number of hydrogen-bond acceptors (Lipinski definition) is 2. The third-order valence-corrected chi connectivity index (χ3v) is 3.55. The molecule has 2 rings (SSSR count). The number of nitrogens with zero attached hydrogens (tertiary/aromatic N) is 1. The van der Waals surface area contributed by atoms with Gasteiger partial charge in [-0.25, -0.2) is 0 Å². The van der Waals surface area contributed by atoms with Gasteiger partial charge in [0.05, 0.1) is 12.6 Å². The van der Waals surface area contributed by atoms with Crippen molar-refractivity contribution in [1.82, 2.24) is 0 Å². The Morgan fingerprint density at radius 3 is 3.00 bits per heavy atom. The fourth-order valence-corrected chi connectivity index (χ4v) is 2.57. The molecule has 0 aliphatic carbocycles. The minimum atomic E-state index is 0.228. The molecule has 0 spiro atoms. The second kappa shape index (κ2) is 5.07. The largest absolute Gasteiger partial charge is 0.394 e. The third-order valence-electron chi connectivity index (χ3n) is 3.32. The Kier molecular flexibility index (Phi) is 3.72. The molecular weight excluding hydrogens is 222 g/mol. The summed E-state index contributed by atoms with van der Waals surface area (Å²) in [6.07, 6.45) is 3.48. The Bertz CT molecular complexity index is 367. The lowest BCUT2D eigenvalue weighted by atomic mass is 10.0. The van der Waals surface area contributed by atoms with E-state index in [0.717, 1.165) is 18.0 Å². The maximum Gasteiger partial charge on any atom is 0.0635 e. The number of halogens is 1. The van der Waals surface area contributed by atoms with Crippen LogP contribution in [-0.4, -0.2) is 24.3 Å². The van der Waals surface area contributed by atoms with Crippen LogP contribution in [0.25, 0.3) is 0 Å². The molecule has 1 aliphatic rings. The average molecular weight is 240 g/mol. The first-order valence-corrected chi connectivity index (χ1v) is 6.24. The number of hydrogen-bond donors (Lipinski definition) is 1. The van der Waals surface area contributed by atoms with Gasteiger partial charge in [0.25, 0.3) is 0 Å². The first-order chi connectivity index (χ1) is 7.72. The fourth-order valence-electron chi connectivity index (χ4n) is 2.40. The van der Waals surface area contributed by atoms with Gasteiger partial charge in [0.1, 0.15) is 0 Å². The van der Waals surface area contributed by atoms with E-state index in [2.05, 4.69) is 11.8 Å². The molecule has 3 heteroatoms. The standard InChI is InChI=1S/C13H18ClNO/c1-10-5-6-11(14)8-13(10)15-7-3-2-4-12(15)9-16/h5-6,8,12,16H,2-4,7,9H2,1H3. The molecule has 1 N–H and O–H groups in total. The lowest BCUT2D eigenvalue weighted by Crippen LogP contribution is -2.42. The van der Waals surface area contributed by atoms with Crippen LogP contribution < -0.4 is 4.90 Å². The summed E-state index contributed by atoms with van der Waals surface area (Å²) in [5.41, 5.74) is 2.40. The van der Waals surface area contributed by atoms with E-state index < -0.39 is 0 Å². The molecule has 1 saturated heterocycles. The van der Waals surface area contributed by atoms with E-state index >= 15 is 0 Å². The first-order valence-electron chi connectivity index (χ1n) is 5.86. The minimum absolute atomic E-state index is 0.228. The molecule has 2 nitrogen and oxygen atoms in total. The second-order valence-electron chi connectivity index (χ2n) is 4.46. The van der Waals surface area contributed by atoms with Crippen LogP contribution in [0.15, 0.2) is 18.2 Å². The van der Waals surface area contributed by atoms with Crippen molar-refractivity contribution in [3.05, 3.63) is 28.8 Å². The van der Waals surface area contributed by atoms with E-state index in [4.69, 9.17) is 11.6 Å². The van der Waals surface area contributed by atoms with Crippen LogP contribution in [0.4, 0.5) is 5.69 Å². The van der Waals surface area contributed by atoms with Crippen molar-refractivity contribution < 1.29 is 5.11 Å². The molecule has 0 aromatic heterocycles. The summed E-state index contributed by atoms with van der Waals surface area (Å²) in [5.74, 6) is 0. The lowest BCUT2D eigenvalue weighted by molar-refractivity contribution is 0.240. The number of aryl methyl sites for hydroxylation is 1. The van der Waals surface area contributed by atoms with Crippen LogP contribution in [0.3, 0.4) is 0 Å². The molecule has 1 aromatic carbocycles. The van der Waals surface area contributed by atoms with E-state index in [1.165, 1.54) is 24.1 Å². The van der Waals surface area contributed by atoms with Crippen LogP contribution in [0.5, 0.6) is 0 Å². The average Bonchev–Trinajstić information content (AvgIpc) is 2.32. The molecule has 0 radical (unpaired) electrons. The fraction of sp³-hybridized carbons (Fsp3) is 0.538. The zero-order chi connectivity index (χ0) is 11.5.